The van der Waals surface area contributed by atoms with Crippen molar-refractivity contribution < 1.29 is 4.39 Å². The molecule has 0 saturated carbocycles. The van der Waals surface area contributed by atoms with Crippen molar-refractivity contribution in [3.05, 3.63) is 41.1 Å². The van der Waals surface area contributed by atoms with Crippen LogP contribution in [0, 0.1) is 12.7 Å². The first-order chi connectivity index (χ1) is 8.08. The third-order valence-electron chi connectivity index (χ3n) is 2.31. The third-order valence-corrected chi connectivity index (χ3v) is 2.49. The summed E-state index contributed by atoms with van der Waals surface area (Å²) in [7, 11) is 0. The second-order valence-electron chi connectivity index (χ2n) is 3.48. The van der Waals surface area contributed by atoms with Crippen LogP contribution in [0.4, 0.5) is 21.6 Å². The highest BCUT2D eigenvalue weighted by Crippen LogP contribution is 2.24. The van der Waals surface area contributed by atoms with Crippen molar-refractivity contribution in [1.82, 2.24) is 9.97 Å². The van der Waals surface area contributed by atoms with Gasteiger partial charge < -0.3 is 11.1 Å². The molecule has 1 heterocycles. The number of rotatable bonds is 2. The van der Waals surface area contributed by atoms with Gasteiger partial charge in [0.2, 0.25) is 5.28 Å². The standard InChI is InChI=1S/C11H10ClFN4/c1-6-7(13)3-2-4-9(6)16-10-8(14)5-15-11(12)17-10/h2-5H,14H2,1H3,(H,15,16,17). The number of hydrogen-bond donors (Lipinski definition) is 2. The Morgan fingerprint density at radius 1 is 1.41 bits per heavy atom. The summed E-state index contributed by atoms with van der Waals surface area (Å²) in [5, 5.41) is 3.00. The average molecular weight is 253 g/mol. The molecule has 0 amide bonds. The Morgan fingerprint density at radius 3 is 2.94 bits per heavy atom. The van der Waals surface area contributed by atoms with Crippen LogP contribution in [0.25, 0.3) is 0 Å². The Hall–Kier alpha value is -1.88. The fourth-order valence-corrected chi connectivity index (χ4v) is 1.47. The van der Waals surface area contributed by atoms with Crippen molar-refractivity contribution in [1.29, 1.82) is 0 Å². The van der Waals surface area contributed by atoms with E-state index in [1.165, 1.54) is 12.3 Å². The van der Waals surface area contributed by atoms with Gasteiger partial charge in [-0.25, -0.2) is 9.37 Å². The highest BCUT2D eigenvalue weighted by Gasteiger charge is 2.07. The molecule has 6 heteroatoms. The highest BCUT2D eigenvalue weighted by atomic mass is 35.5. The lowest BCUT2D eigenvalue weighted by molar-refractivity contribution is 0.619. The number of benzene rings is 1. The summed E-state index contributed by atoms with van der Waals surface area (Å²) in [6.07, 6.45) is 1.40. The minimum atomic E-state index is -0.297. The summed E-state index contributed by atoms with van der Waals surface area (Å²) >= 11 is 5.66. The van der Waals surface area contributed by atoms with Gasteiger partial charge in [0.05, 0.1) is 11.9 Å². The van der Waals surface area contributed by atoms with E-state index in [9.17, 15) is 4.39 Å². The van der Waals surface area contributed by atoms with Crippen molar-refractivity contribution >= 4 is 28.8 Å². The van der Waals surface area contributed by atoms with Gasteiger partial charge in [0, 0.05) is 11.3 Å². The SMILES string of the molecule is Cc1c(F)cccc1Nc1nc(Cl)ncc1N. The summed E-state index contributed by atoms with van der Waals surface area (Å²) in [6.45, 7) is 1.66. The summed E-state index contributed by atoms with van der Waals surface area (Å²) in [5.41, 5.74) is 7.11. The molecular formula is C11H10ClFN4. The van der Waals surface area contributed by atoms with Gasteiger partial charge in [-0.05, 0) is 30.7 Å². The van der Waals surface area contributed by atoms with E-state index in [1.807, 2.05) is 0 Å². The topological polar surface area (TPSA) is 63.8 Å². The van der Waals surface area contributed by atoms with E-state index in [-0.39, 0.29) is 11.1 Å². The molecule has 88 valence electrons. The number of nitrogens with two attached hydrogens (primary N) is 1. The molecule has 0 spiro atoms. The third kappa shape index (κ3) is 2.45. The number of nitrogen functional groups attached to an aromatic ring is 1. The lowest BCUT2D eigenvalue weighted by Crippen LogP contribution is -2.02. The van der Waals surface area contributed by atoms with Crippen molar-refractivity contribution in [3.63, 3.8) is 0 Å². The van der Waals surface area contributed by atoms with Crippen LogP contribution < -0.4 is 11.1 Å². The maximum atomic E-state index is 13.3. The minimum Gasteiger partial charge on any atom is -0.394 e. The van der Waals surface area contributed by atoms with Gasteiger partial charge in [0.15, 0.2) is 5.82 Å². The molecule has 1 aromatic carbocycles. The smallest absolute Gasteiger partial charge is 0.224 e. The fourth-order valence-electron chi connectivity index (χ4n) is 1.34. The molecule has 0 radical (unpaired) electrons. The van der Waals surface area contributed by atoms with Crippen LogP contribution in [0.5, 0.6) is 0 Å². The first kappa shape index (κ1) is 11.6. The van der Waals surface area contributed by atoms with Crippen molar-refractivity contribution in [2.75, 3.05) is 11.1 Å². The van der Waals surface area contributed by atoms with Gasteiger partial charge in [0.1, 0.15) is 5.82 Å². The molecule has 0 saturated heterocycles. The molecule has 1 aromatic heterocycles. The number of aromatic nitrogens is 2. The van der Waals surface area contributed by atoms with E-state index >= 15 is 0 Å². The van der Waals surface area contributed by atoms with E-state index in [4.69, 9.17) is 17.3 Å². The first-order valence-electron chi connectivity index (χ1n) is 4.88. The van der Waals surface area contributed by atoms with Crippen molar-refractivity contribution in [2.24, 2.45) is 0 Å². The molecular weight excluding hydrogens is 243 g/mol. The highest BCUT2D eigenvalue weighted by molar-refractivity contribution is 6.28. The Balaban J connectivity index is 2.38. The van der Waals surface area contributed by atoms with Crippen LogP contribution in [0.15, 0.2) is 24.4 Å². The molecule has 4 nitrogen and oxygen atoms in total. The van der Waals surface area contributed by atoms with Crippen LogP contribution in [-0.4, -0.2) is 9.97 Å². The monoisotopic (exact) mass is 252 g/mol. The molecule has 2 rings (SSSR count). The number of hydrogen-bond acceptors (Lipinski definition) is 4. The zero-order valence-corrected chi connectivity index (χ0v) is 9.79. The molecule has 2 aromatic rings. The largest absolute Gasteiger partial charge is 0.394 e. The van der Waals surface area contributed by atoms with Gasteiger partial charge >= 0.3 is 0 Å². The maximum absolute atomic E-state index is 13.3. The number of halogens is 2. The van der Waals surface area contributed by atoms with Crippen molar-refractivity contribution in [2.45, 2.75) is 6.92 Å². The molecule has 3 N–H and O–H groups in total. The molecule has 0 atom stereocenters. The predicted octanol–water partition coefficient (Wildman–Crippen LogP) is 2.90. The number of nitrogens with zero attached hydrogens (tertiary/aromatic N) is 2. The van der Waals surface area contributed by atoms with Crippen LogP contribution in [0.2, 0.25) is 5.28 Å². The summed E-state index contributed by atoms with van der Waals surface area (Å²) < 4.78 is 13.3. The molecule has 0 unspecified atom stereocenters. The van der Waals surface area contributed by atoms with E-state index in [0.29, 0.717) is 22.8 Å². The molecule has 0 fully saturated rings. The second-order valence-corrected chi connectivity index (χ2v) is 3.82. The summed E-state index contributed by atoms with van der Waals surface area (Å²) in [5.74, 6) is 0.0624. The molecule has 0 aliphatic rings. The molecule has 0 aliphatic heterocycles. The lowest BCUT2D eigenvalue weighted by atomic mass is 10.2. The average Bonchev–Trinajstić information content (AvgIpc) is 2.30. The molecule has 0 bridgehead atoms. The Kier molecular flexibility index (Phi) is 3.10. The summed E-state index contributed by atoms with van der Waals surface area (Å²) in [6, 6.07) is 4.72. The first-order valence-corrected chi connectivity index (χ1v) is 5.26. The Labute approximate surface area is 103 Å². The number of nitrogens with one attached hydrogen (secondary N) is 1. The van der Waals surface area contributed by atoms with E-state index in [2.05, 4.69) is 15.3 Å². The van der Waals surface area contributed by atoms with Crippen LogP contribution in [0.1, 0.15) is 5.56 Å². The van der Waals surface area contributed by atoms with E-state index < -0.39 is 0 Å². The van der Waals surface area contributed by atoms with Crippen LogP contribution >= 0.6 is 11.6 Å². The fraction of sp³-hybridized carbons (Fsp3) is 0.0909. The van der Waals surface area contributed by atoms with E-state index in [1.54, 1.807) is 19.1 Å². The quantitative estimate of drug-likeness (QED) is 0.807. The predicted molar refractivity (Wildman–Crippen MR) is 65.9 cm³/mol. The van der Waals surface area contributed by atoms with Gasteiger partial charge in [-0.2, -0.15) is 4.98 Å². The molecule has 0 aliphatic carbocycles. The van der Waals surface area contributed by atoms with Crippen molar-refractivity contribution in [3.8, 4) is 0 Å². The second kappa shape index (κ2) is 4.55. The minimum absolute atomic E-state index is 0.0794. The van der Waals surface area contributed by atoms with E-state index in [0.717, 1.165) is 0 Å². The van der Waals surface area contributed by atoms with Gasteiger partial charge in [-0.3, -0.25) is 0 Å². The van der Waals surface area contributed by atoms with Crippen LogP contribution in [-0.2, 0) is 0 Å². The normalized spacial score (nSPS) is 10.3. The zero-order valence-electron chi connectivity index (χ0n) is 9.04. The Morgan fingerprint density at radius 2 is 2.18 bits per heavy atom. The van der Waals surface area contributed by atoms with Gasteiger partial charge in [0.25, 0.3) is 0 Å². The molecule has 17 heavy (non-hydrogen) atoms. The van der Waals surface area contributed by atoms with Crippen LogP contribution in [0.3, 0.4) is 0 Å². The maximum Gasteiger partial charge on any atom is 0.224 e. The number of anilines is 3. The zero-order chi connectivity index (χ0) is 12.4. The van der Waals surface area contributed by atoms with Gasteiger partial charge in [-0.1, -0.05) is 6.07 Å². The van der Waals surface area contributed by atoms with Gasteiger partial charge in [-0.15, -0.1) is 0 Å². The lowest BCUT2D eigenvalue weighted by Gasteiger charge is -2.10. The Bertz CT molecular complexity index is 559. The summed E-state index contributed by atoms with van der Waals surface area (Å²) in [4.78, 5) is 7.67.